The standard InChI is InChI=1S/C19H29N5/c1-15(2)14-17(16-8-5-6-11-20-16)21-12-10-19-23-22-18-9-4-3-7-13-24(18)19/h5-6,8,11,15,17,21H,3-4,7,9-10,12-14H2,1-2H3/t17-/m0/s1. The summed E-state index contributed by atoms with van der Waals surface area (Å²) in [6.07, 6.45) is 8.76. The van der Waals surface area contributed by atoms with E-state index in [2.05, 4.69) is 51.0 Å². The first-order valence-corrected chi connectivity index (χ1v) is 9.29. The molecule has 24 heavy (non-hydrogen) atoms. The van der Waals surface area contributed by atoms with Crippen molar-refractivity contribution in [1.29, 1.82) is 0 Å². The molecule has 130 valence electrons. The number of aromatic nitrogens is 4. The Balaban J connectivity index is 1.60. The normalized spacial score (nSPS) is 16.0. The molecule has 0 amide bonds. The predicted octanol–water partition coefficient (Wildman–Crippen LogP) is 3.32. The molecule has 0 radical (unpaired) electrons. The summed E-state index contributed by atoms with van der Waals surface area (Å²) in [7, 11) is 0. The molecule has 0 spiro atoms. The summed E-state index contributed by atoms with van der Waals surface area (Å²) in [6.45, 7) is 6.51. The SMILES string of the molecule is CC(C)C[C@H](NCCc1nnc2n1CCCCC2)c1ccccn1. The molecule has 3 rings (SSSR count). The highest BCUT2D eigenvalue weighted by Crippen LogP contribution is 2.19. The number of pyridine rings is 1. The molecule has 0 aromatic carbocycles. The van der Waals surface area contributed by atoms with Crippen LogP contribution in [0.4, 0.5) is 0 Å². The third kappa shape index (κ3) is 4.41. The van der Waals surface area contributed by atoms with Gasteiger partial charge in [-0.1, -0.05) is 26.3 Å². The Labute approximate surface area is 144 Å². The topological polar surface area (TPSA) is 55.6 Å². The average molecular weight is 327 g/mol. The first-order valence-electron chi connectivity index (χ1n) is 9.29. The van der Waals surface area contributed by atoms with Gasteiger partial charge in [0, 0.05) is 38.2 Å². The van der Waals surface area contributed by atoms with Crippen LogP contribution < -0.4 is 5.32 Å². The molecule has 3 heterocycles. The maximum atomic E-state index is 4.53. The van der Waals surface area contributed by atoms with Crippen LogP contribution in [0.25, 0.3) is 0 Å². The van der Waals surface area contributed by atoms with Gasteiger partial charge in [0.25, 0.3) is 0 Å². The molecule has 0 saturated carbocycles. The number of hydrogen-bond donors (Lipinski definition) is 1. The number of nitrogens with one attached hydrogen (secondary N) is 1. The Bertz CT molecular complexity index is 620. The van der Waals surface area contributed by atoms with Gasteiger partial charge in [-0.15, -0.1) is 10.2 Å². The number of rotatable bonds is 7. The molecule has 1 aliphatic heterocycles. The zero-order valence-electron chi connectivity index (χ0n) is 14.9. The highest BCUT2D eigenvalue weighted by molar-refractivity contribution is 5.09. The van der Waals surface area contributed by atoms with Crippen molar-refractivity contribution in [2.24, 2.45) is 5.92 Å². The van der Waals surface area contributed by atoms with Crippen molar-refractivity contribution >= 4 is 0 Å². The summed E-state index contributed by atoms with van der Waals surface area (Å²) in [5, 5.41) is 12.5. The van der Waals surface area contributed by atoms with Crippen molar-refractivity contribution in [3.63, 3.8) is 0 Å². The van der Waals surface area contributed by atoms with E-state index >= 15 is 0 Å². The second-order valence-electron chi connectivity index (χ2n) is 7.14. The van der Waals surface area contributed by atoms with Crippen molar-refractivity contribution in [2.75, 3.05) is 6.54 Å². The van der Waals surface area contributed by atoms with E-state index < -0.39 is 0 Å². The molecule has 0 bridgehead atoms. The highest BCUT2D eigenvalue weighted by atomic mass is 15.3. The lowest BCUT2D eigenvalue weighted by Gasteiger charge is -2.20. The van der Waals surface area contributed by atoms with Gasteiger partial charge in [-0.2, -0.15) is 0 Å². The van der Waals surface area contributed by atoms with E-state index in [1.807, 2.05) is 12.3 Å². The lowest BCUT2D eigenvalue weighted by molar-refractivity contribution is 0.421. The fourth-order valence-corrected chi connectivity index (χ4v) is 3.45. The molecular weight excluding hydrogens is 298 g/mol. The summed E-state index contributed by atoms with van der Waals surface area (Å²) in [5.74, 6) is 2.93. The molecule has 1 atom stereocenters. The molecule has 1 aliphatic rings. The maximum Gasteiger partial charge on any atom is 0.134 e. The van der Waals surface area contributed by atoms with Crippen molar-refractivity contribution in [3.8, 4) is 0 Å². The summed E-state index contributed by atoms with van der Waals surface area (Å²) >= 11 is 0. The second kappa shape index (κ2) is 8.38. The van der Waals surface area contributed by atoms with E-state index in [0.717, 1.165) is 43.9 Å². The van der Waals surface area contributed by atoms with Gasteiger partial charge >= 0.3 is 0 Å². The smallest absolute Gasteiger partial charge is 0.134 e. The van der Waals surface area contributed by atoms with Crippen molar-refractivity contribution in [2.45, 2.75) is 65.0 Å². The number of nitrogens with zero attached hydrogens (tertiary/aromatic N) is 4. The third-order valence-electron chi connectivity index (χ3n) is 4.68. The molecule has 5 nitrogen and oxygen atoms in total. The number of fused-ring (bicyclic) bond motifs is 1. The molecule has 1 N–H and O–H groups in total. The Hall–Kier alpha value is -1.75. The maximum absolute atomic E-state index is 4.53. The van der Waals surface area contributed by atoms with Gasteiger partial charge in [0.15, 0.2) is 0 Å². The van der Waals surface area contributed by atoms with Gasteiger partial charge in [-0.05, 0) is 37.3 Å². The molecule has 0 fully saturated rings. The monoisotopic (exact) mass is 327 g/mol. The predicted molar refractivity (Wildman–Crippen MR) is 95.7 cm³/mol. The van der Waals surface area contributed by atoms with Crippen LogP contribution in [-0.2, 0) is 19.4 Å². The van der Waals surface area contributed by atoms with Gasteiger partial charge in [0.05, 0.1) is 5.69 Å². The summed E-state index contributed by atoms with van der Waals surface area (Å²) < 4.78 is 2.34. The summed E-state index contributed by atoms with van der Waals surface area (Å²) in [4.78, 5) is 4.53. The molecule has 0 unspecified atom stereocenters. The van der Waals surface area contributed by atoms with Crippen LogP contribution in [-0.4, -0.2) is 26.3 Å². The minimum Gasteiger partial charge on any atom is -0.315 e. The lowest BCUT2D eigenvalue weighted by atomic mass is 10.0. The van der Waals surface area contributed by atoms with Crippen molar-refractivity contribution in [1.82, 2.24) is 25.1 Å². The lowest BCUT2D eigenvalue weighted by Crippen LogP contribution is -2.26. The van der Waals surface area contributed by atoms with E-state index in [9.17, 15) is 0 Å². The zero-order chi connectivity index (χ0) is 16.8. The molecular formula is C19H29N5. The number of aryl methyl sites for hydroxylation is 1. The van der Waals surface area contributed by atoms with E-state index in [-0.39, 0.29) is 0 Å². The minimum atomic E-state index is 0.303. The Morgan fingerprint density at radius 2 is 2.08 bits per heavy atom. The first kappa shape index (κ1) is 17.1. The summed E-state index contributed by atoms with van der Waals surface area (Å²) in [5.41, 5.74) is 1.13. The zero-order valence-corrected chi connectivity index (χ0v) is 14.9. The van der Waals surface area contributed by atoms with E-state index in [1.165, 1.54) is 25.1 Å². The molecule has 2 aromatic heterocycles. The van der Waals surface area contributed by atoms with Gasteiger partial charge in [0.1, 0.15) is 11.6 Å². The van der Waals surface area contributed by atoms with Crippen LogP contribution in [0.15, 0.2) is 24.4 Å². The summed E-state index contributed by atoms with van der Waals surface area (Å²) in [6, 6.07) is 6.46. The second-order valence-corrected chi connectivity index (χ2v) is 7.14. The van der Waals surface area contributed by atoms with Gasteiger partial charge < -0.3 is 9.88 Å². The Kier molecular flexibility index (Phi) is 5.96. The van der Waals surface area contributed by atoms with Crippen LogP contribution >= 0.6 is 0 Å². The van der Waals surface area contributed by atoms with E-state index in [1.54, 1.807) is 0 Å². The van der Waals surface area contributed by atoms with Crippen LogP contribution in [0.5, 0.6) is 0 Å². The quantitative estimate of drug-likeness (QED) is 0.847. The first-order chi connectivity index (χ1) is 11.7. The fourth-order valence-electron chi connectivity index (χ4n) is 3.45. The highest BCUT2D eigenvalue weighted by Gasteiger charge is 2.17. The van der Waals surface area contributed by atoms with Gasteiger partial charge in [-0.3, -0.25) is 4.98 Å². The minimum absolute atomic E-state index is 0.303. The van der Waals surface area contributed by atoms with Crippen molar-refractivity contribution < 1.29 is 0 Å². The average Bonchev–Trinajstić information content (AvgIpc) is 2.81. The molecule has 2 aromatic rings. The molecule has 5 heteroatoms. The molecule has 0 saturated heterocycles. The van der Waals surface area contributed by atoms with Crippen molar-refractivity contribution in [3.05, 3.63) is 41.7 Å². The number of hydrogen-bond acceptors (Lipinski definition) is 4. The van der Waals surface area contributed by atoms with Gasteiger partial charge in [0.2, 0.25) is 0 Å². The van der Waals surface area contributed by atoms with Crippen LogP contribution in [0.3, 0.4) is 0 Å². The largest absolute Gasteiger partial charge is 0.315 e. The van der Waals surface area contributed by atoms with E-state index in [4.69, 9.17) is 0 Å². The molecule has 0 aliphatic carbocycles. The fraction of sp³-hybridized carbons (Fsp3) is 0.632. The van der Waals surface area contributed by atoms with E-state index in [0.29, 0.717) is 12.0 Å². The van der Waals surface area contributed by atoms with Gasteiger partial charge in [-0.25, -0.2) is 0 Å². The van der Waals surface area contributed by atoms with Crippen LogP contribution in [0.1, 0.15) is 62.9 Å². The van der Waals surface area contributed by atoms with Crippen LogP contribution in [0.2, 0.25) is 0 Å². The Morgan fingerprint density at radius 1 is 1.17 bits per heavy atom. The third-order valence-corrected chi connectivity index (χ3v) is 4.68. The Morgan fingerprint density at radius 3 is 2.88 bits per heavy atom. The van der Waals surface area contributed by atoms with Crippen LogP contribution in [0, 0.1) is 5.92 Å².